The Hall–Kier alpha value is -2.14. The molecule has 4 rings (SSSR count). The fourth-order valence-corrected chi connectivity index (χ4v) is 5.51. The number of allylic oxidation sites excluding steroid dienone is 1. The SMILES string of the molecule is CCOC(=O)C1(C(=O)OCC)CC2=C3c4ccccc4COC[C@@]3(C)CC[C@H]2C1. The molecule has 0 bridgehead atoms. The molecule has 0 saturated heterocycles. The van der Waals surface area contributed by atoms with Crippen LogP contribution in [-0.4, -0.2) is 31.8 Å². The van der Waals surface area contributed by atoms with Crippen molar-refractivity contribution in [3.8, 4) is 0 Å². The molecule has 5 nitrogen and oxygen atoms in total. The quantitative estimate of drug-likeness (QED) is 0.559. The predicted octanol–water partition coefficient (Wildman–Crippen LogP) is 4.29. The number of esters is 2. The lowest BCUT2D eigenvalue weighted by Gasteiger charge is -2.39. The summed E-state index contributed by atoms with van der Waals surface area (Å²) < 4.78 is 16.8. The summed E-state index contributed by atoms with van der Waals surface area (Å²) in [5, 5.41) is 0. The van der Waals surface area contributed by atoms with Crippen molar-refractivity contribution in [2.75, 3.05) is 19.8 Å². The number of hydrogen-bond acceptors (Lipinski definition) is 5. The lowest BCUT2D eigenvalue weighted by molar-refractivity contribution is -0.171. The van der Waals surface area contributed by atoms with Gasteiger partial charge in [0.25, 0.3) is 0 Å². The van der Waals surface area contributed by atoms with Crippen molar-refractivity contribution in [3.63, 3.8) is 0 Å². The van der Waals surface area contributed by atoms with Gasteiger partial charge >= 0.3 is 11.9 Å². The second kappa shape index (κ2) is 7.60. The van der Waals surface area contributed by atoms with Crippen LogP contribution in [0.5, 0.6) is 0 Å². The maximum atomic E-state index is 13.0. The Kier molecular flexibility index (Phi) is 5.28. The van der Waals surface area contributed by atoms with Crippen LogP contribution in [0, 0.1) is 16.7 Å². The molecule has 1 aromatic rings. The Morgan fingerprint density at radius 3 is 2.52 bits per heavy atom. The summed E-state index contributed by atoms with van der Waals surface area (Å²) in [6.07, 6.45) is 2.78. The molecule has 0 radical (unpaired) electrons. The van der Waals surface area contributed by atoms with Gasteiger partial charge in [0.1, 0.15) is 0 Å². The van der Waals surface area contributed by atoms with Crippen LogP contribution in [-0.2, 0) is 30.4 Å². The predicted molar refractivity (Wildman–Crippen MR) is 109 cm³/mol. The van der Waals surface area contributed by atoms with Crippen LogP contribution in [0.2, 0.25) is 0 Å². The Labute approximate surface area is 172 Å². The minimum Gasteiger partial charge on any atom is -0.465 e. The summed E-state index contributed by atoms with van der Waals surface area (Å²) in [7, 11) is 0. The smallest absolute Gasteiger partial charge is 0.323 e. The molecule has 29 heavy (non-hydrogen) atoms. The van der Waals surface area contributed by atoms with Gasteiger partial charge in [-0.15, -0.1) is 0 Å². The topological polar surface area (TPSA) is 61.8 Å². The third kappa shape index (κ3) is 3.20. The first kappa shape index (κ1) is 20.1. The molecule has 5 heteroatoms. The first-order valence-corrected chi connectivity index (χ1v) is 10.7. The van der Waals surface area contributed by atoms with E-state index < -0.39 is 17.4 Å². The van der Waals surface area contributed by atoms with Crippen LogP contribution in [0.3, 0.4) is 0 Å². The average molecular weight is 398 g/mol. The fraction of sp³-hybridized carbons (Fsp3) is 0.583. The van der Waals surface area contributed by atoms with Gasteiger partial charge < -0.3 is 14.2 Å². The standard InChI is InChI=1S/C24H30O5/c1-4-28-21(25)24(22(26)29-5-2)12-16-10-11-23(3)15-27-14-17-8-6-7-9-18(17)20(23)19(16)13-24/h6-9,16H,4-5,10-15H2,1-3H3/t16-,23+/m0/s1. The minimum absolute atomic E-state index is 0.113. The van der Waals surface area contributed by atoms with E-state index in [2.05, 4.69) is 25.1 Å². The molecule has 0 amide bonds. The average Bonchev–Trinajstić information content (AvgIpc) is 3.02. The largest absolute Gasteiger partial charge is 0.465 e. The second-order valence-corrected chi connectivity index (χ2v) is 8.75. The van der Waals surface area contributed by atoms with Gasteiger partial charge in [0.05, 0.1) is 26.4 Å². The third-order valence-electron chi connectivity index (χ3n) is 6.85. The number of benzene rings is 1. The van der Waals surface area contributed by atoms with Crippen molar-refractivity contribution >= 4 is 17.5 Å². The van der Waals surface area contributed by atoms with Crippen LogP contribution in [0.4, 0.5) is 0 Å². The Morgan fingerprint density at radius 2 is 1.83 bits per heavy atom. The minimum atomic E-state index is -1.23. The summed E-state index contributed by atoms with van der Waals surface area (Å²) in [4.78, 5) is 26.0. The van der Waals surface area contributed by atoms with Crippen molar-refractivity contribution in [2.24, 2.45) is 16.7 Å². The van der Waals surface area contributed by atoms with Gasteiger partial charge in [0.15, 0.2) is 5.41 Å². The Bertz CT molecular complexity index is 837. The van der Waals surface area contributed by atoms with E-state index in [0.717, 1.165) is 12.8 Å². The van der Waals surface area contributed by atoms with E-state index in [1.165, 1.54) is 22.3 Å². The molecule has 1 heterocycles. The Balaban J connectivity index is 1.87. The van der Waals surface area contributed by atoms with Crippen molar-refractivity contribution < 1.29 is 23.8 Å². The normalized spacial score (nSPS) is 27.3. The van der Waals surface area contributed by atoms with E-state index in [-0.39, 0.29) is 24.5 Å². The van der Waals surface area contributed by atoms with Crippen molar-refractivity contribution in [2.45, 2.75) is 53.1 Å². The van der Waals surface area contributed by atoms with Gasteiger partial charge in [0.2, 0.25) is 0 Å². The first-order chi connectivity index (χ1) is 13.9. The number of fused-ring (bicyclic) bond motifs is 4. The molecule has 156 valence electrons. The van der Waals surface area contributed by atoms with E-state index in [4.69, 9.17) is 14.2 Å². The van der Waals surface area contributed by atoms with Gasteiger partial charge in [-0.05, 0) is 62.1 Å². The summed E-state index contributed by atoms with van der Waals surface area (Å²) in [6.45, 7) is 7.55. The van der Waals surface area contributed by atoms with Crippen molar-refractivity contribution in [1.29, 1.82) is 0 Å². The number of carbonyl (C=O) groups is 2. The van der Waals surface area contributed by atoms with E-state index in [1.54, 1.807) is 13.8 Å². The zero-order chi connectivity index (χ0) is 20.6. The number of ether oxygens (including phenoxy) is 3. The summed E-state index contributed by atoms with van der Waals surface area (Å²) in [5.74, 6) is -0.695. The van der Waals surface area contributed by atoms with Crippen LogP contribution < -0.4 is 0 Å². The Morgan fingerprint density at radius 1 is 1.14 bits per heavy atom. The fourth-order valence-electron chi connectivity index (χ4n) is 5.51. The number of hydrogen-bond donors (Lipinski definition) is 0. The van der Waals surface area contributed by atoms with Crippen molar-refractivity contribution in [1.82, 2.24) is 0 Å². The summed E-state index contributed by atoms with van der Waals surface area (Å²) in [6, 6.07) is 8.35. The van der Waals surface area contributed by atoms with E-state index in [0.29, 0.717) is 26.1 Å². The van der Waals surface area contributed by atoms with Crippen LogP contribution in [0.15, 0.2) is 29.8 Å². The molecule has 2 atom stereocenters. The van der Waals surface area contributed by atoms with Crippen LogP contribution in [0.1, 0.15) is 57.6 Å². The maximum absolute atomic E-state index is 13.0. The molecule has 0 unspecified atom stereocenters. The summed E-state index contributed by atoms with van der Waals surface area (Å²) >= 11 is 0. The molecule has 0 aromatic heterocycles. The van der Waals surface area contributed by atoms with Gasteiger partial charge in [-0.3, -0.25) is 9.59 Å². The van der Waals surface area contributed by atoms with Crippen LogP contribution in [0.25, 0.3) is 5.57 Å². The van der Waals surface area contributed by atoms with Crippen molar-refractivity contribution in [3.05, 3.63) is 41.0 Å². The molecule has 3 aliphatic rings. The van der Waals surface area contributed by atoms with Gasteiger partial charge in [0, 0.05) is 5.41 Å². The van der Waals surface area contributed by atoms with E-state index >= 15 is 0 Å². The lowest BCUT2D eigenvalue weighted by atomic mass is 9.66. The number of rotatable bonds is 4. The van der Waals surface area contributed by atoms with Gasteiger partial charge in [-0.1, -0.05) is 36.8 Å². The summed E-state index contributed by atoms with van der Waals surface area (Å²) in [5.41, 5.74) is 3.53. The molecular weight excluding hydrogens is 368 g/mol. The molecule has 1 fully saturated rings. The van der Waals surface area contributed by atoms with Crippen LogP contribution >= 0.6 is 0 Å². The van der Waals surface area contributed by atoms with Gasteiger partial charge in [-0.2, -0.15) is 0 Å². The third-order valence-corrected chi connectivity index (χ3v) is 6.85. The molecule has 1 saturated carbocycles. The number of carbonyl (C=O) groups excluding carboxylic acids is 2. The maximum Gasteiger partial charge on any atom is 0.323 e. The highest BCUT2D eigenvalue weighted by atomic mass is 16.6. The monoisotopic (exact) mass is 398 g/mol. The molecule has 1 aromatic carbocycles. The molecule has 1 aliphatic heterocycles. The highest BCUT2D eigenvalue weighted by Crippen LogP contribution is 2.59. The highest BCUT2D eigenvalue weighted by Gasteiger charge is 2.58. The second-order valence-electron chi connectivity index (χ2n) is 8.75. The van der Waals surface area contributed by atoms with E-state index in [9.17, 15) is 9.59 Å². The molecule has 2 aliphatic carbocycles. The van der Waals surface area contributed by atoms with Gasteiger partial charge in [-0.25, -0.2) is 0 Å². The molecule has 0 N–H and O–H groups in total. The van der Waals surface area contributed by atoms with E-state index in [1.807, 2.05) is 6.07 Å². The first-order valence-electron chi connectivity index (χ1n) is 10.7. The molecule has 0 spiro atoms. The lowest BCUT2D eigenvalue weighted by Crippen LogP contribution is -2.40. The zero-order valence-corrected chi connectivity index (χ0v) is 17.6. The molecular formula is C24H30O5. The zero-order valence-electron chi connectivity index (χ0n) is 17.6. The highest BCUT2D eigenvalue weighted by molar-refractivity contribution is 6.01.